The Hall–Kier alpha value is -3.10. The van der Waals surface area contributed by atoms with Crippen LogP contribution >= 0.6 is 0 Å². The number of carbonyl (C=O) groups is 2. The summed E-state index contributed by atoms with van der Waals surface area (Å²) in [5, 5.41) is 22.0. The van der Waals surface area contributed by atoms with Crippen molar-refractivity contribution in [2.24, 2.45) is 0 Å². The van der Waals surface area contributed by atoms with Gasteiger partial charge >= 0.3 is 0 Å². The highest BCUT2D eigenvalue weighted by Gasteiger charge is 2.22. The average Bonchev–Trinajstić information content (AvgIpc) is 2.78. The van der Waals surface area contributed by atoms with Gasteiger partial charge in [0.05, 0.1) is 0 Å². The Balaban J connectivity index is 1.24. The van der Waals surface area contributed by atoms with Gasteiger partial charge in [0.15, 0.2) is 12.4 Å². The first-order valence-corrected chi connectivity index (χ1v) is 10.6. The number of nitrogens with one attached hydrogen (secondary N) is 4. The maximum atomic E-state index is 11.9. The van der Waals surface area contributed by atoms with E-state index in [0.29, 0.717) is 50.5 Å². The first-order valence-electron chi connectivity index (χ1n) is 10.6. The summed E-state index contributed by atoms with van der Waals surface area (Å²) in [7, 11) is 0. The van der Waals surface area contributed by atoms with E-state index in [0.717, 1.165) is 18.5 Å². The molecule has 3 rings (SSSR count). The lowest BCUT2D eigenvalue weighted by atomic mass is 10.1. The fourth-order valence-electron chi connectivity index (χ4n) is 3.34. The normalized spacial score (nSPS) is 12.6. The molecule has 1 aliphatic heterocycles. The van der Waals surface area contributed by atoms with Gasteiger partial charge in [-0.2, -0.15) is 0 Å². The molecular formula is C23H30N4O4. The van der Waals surface area contributed by atoms with Gasteiger partial charge in [-0.05, 0) is 43.1 Å². The minimum atomic E-state index is -0.278. The third-order valence-electron chi connectivity index (χ3n) is 4.99. The molecule has 0 unspecified atom stereocenters. The number of fused-ring (bicyclic) bond motifs is 1. The molecule has 0 radical (unpaired) electrons. The van der Waals surface area contributed by atoms with Crippen LogP contribution in [0.3, 0.4) is 0 Å². The highest BCUT2D eigenvalue weighted by molar-refractivity contribution is 5.97. The number of hydrogen-bond donors (Lipinski definition) is 5. The van der Waals surface area contributed by atoms with Crippen molar-refractivity contribution >= 4 is 17.5 Å². The first-order chi connectivity index (χ1) is 15.1. The second-order valence-corrected chi connectivity index (χ2v) is 7.37. The summed E-state index contributed by atoms with van der Waals surface area (Å²) in [6.45, 7) is 3.37. The molecule has 0 bridgehead atoms. The minimum absolute atomic E-state index is 0.00275. The van der Waals surface area contributed by atoms with Gasteiger partial charge in [-0.3, -0.25) is 9.59 Å². The Morgan fingerprint density at radius 2 is 1.74 bits per heavy atom. The van der Waals surface area contributed by atoms with Gasteiger partial charge in [0.25, 0.3) is 5.91 Å². The molecule has 5 N–H and O–H groups in total. The summed E-state index contributed by atoms with van der Waals surface area (Å²) in [4.78, 5) is 23.3. The van der Waals surface area contributed by atoms with Crippen molar-refractivity contribution in [3.05, 3.63) is 53.6 Å². The van der Waals surface area contributed by atoms with Crippen LogP contribution in [0.4, 0.5) is 5.69 Å². The number of carbonyl (C=O) groups excluding carboxylic acids is 2. The fraction of sp³-hybridized carbons (Fsp3) is 0.391. The number of amides is 2. The number of hydrogen-bond acceptors (Lipinski definition) is 6. The smallest absolute Gasteiger partial charge is 0.262 e. The lowest BCUT2D eigenvalue weighted by Gasteiger charge is -2.21. The van der Waals surface area contributed by atoms with Crippen LogP contribution in [-0.2, 0) is 22.4 Å². The van der Waals surface area contributed by atoms with Crippen LogP contribution in [0.25, 0.3) is 0 Å². The largest absolute Gasteiger partial charge is 0.506 e. The van der Waals surface area contributed by atoms with E-state index < -0.39 is 0 Å². The van der Waals surface area contributed by atoms with Gasteiger partial charge in [0, 0.05) is 26.1 Å². The van der Waals surface area contributed by atoms with Crippen LogP contribution in [-0.4, -0.2) is 56.3 Å². The molecule has 0 fully saturated rings. The standard InChI is InChI=1S/C23H30N4O4/c28-19-7-6-18(23-22(19)27-21(30)16-31-23)9-12-25-14-15-26-20(29)10-13-24-11-8-17-4-2-1-3-5-17/h1-7,24-25,28H,8-16H2,(H,26,29)(H,27,30). The van der Waals surface area contributed by atoms with Crippen molar-refractivity contribution in [3.8, 4) is 11.5 Å². The molecule has 0 aromatic heterocycles. The third-order valence-corrected chi connectivity index (χ3v) is 4.99. The number of anilines is 1. The summed E-state index contributed by atoms with van der Waals surface area (Å²) in [5.41, 5.74) is 2.53. The number of ether oxygens (including phenoxy) is 1. The number of aromatic hydroxyl groups is 1. The summed E-state index contributed by atoms with van der Waals surface area (Å²) in [6, 6.07) is 13.6. The zero-order chi connectivity index (χ0) is 21.9. The van der Waals surface area contributed by atoms with Crippen LogP contribution in [0.5, 0.6) is 11.5 Å². The molecule has 8 heteroatoms. The lowest BCUT2D eigenvalue weighted by molar-refractivity contribution is -0.121. The maximum Gasteiger partial charge on any atom is 0.262 e. The molecule has 2 amide bonds. The maximum absolute atomic E-state index is 11.9. The van der Waals surface area contributed by atoms with Gasteiger partial charge in [-0.1, -0.05) is 36.4 Å². The zero-order valence-corrected chi connectivity index (χ0v) is 17.6. The van der Waals surface area contributed by atoms with Crippen LogP contribution in [0.15, 0.2) is 42.5 Å². The van der Waals surface area contributed by atoms with Crippen molar-refractivity contribution in [1.29, 1.82) is 0 Å². The molecule has 31 heavy (non-hydrogen) atoms. The first kappa shape index (κ1) is 22.6. The highest BCUT2D eigenvalue weighted by atomic mass is 16.5. The van der Waals surface area contributed by atoms with E-state index in [-0.39, 0.29) is 24.2 Å². The summed E-state index contributed by atoms with van der Waals surface area (Å²) in [6.07, 6.45) is 2.09. The van der Waals surface area contributed by atoms with Gasteiger partial charge in [0.2, 0.25) is 5.91 Å². The fourth-order valence-corrected chi connectivity index (χ4v) is 3.34. The number of phenolic OH excluding ortho intramolecular Hbond substituents is 1. The number of phenols is 1. The van der Waals surface area contributed by atoms with E-state index in [4.69, 9.17) is 4.74 Å². The predicted molar refractivity (Wildman–Crippen MR) is 119 cm³/mol. The Bertz CT molecular complexity index is 873. The van der Waals surface area contributed by atoms with Gasteiger partial charge in [-0.15, -0.1) is 0 Å². The molecule has 0 aliphatic carbocycles. The highest BCUT2D eigenvalue weighted by Crippen LogP contribution is 2.39. The van der Waals surface area contributed by atoms with E-state index in [1.165, 1.54) is 5.56 Å². The molecule has 1 aliphatic rings. The molecule has 0 saturated carbocycles. The summed E-state index contributed by atoms with van der Waals surface area (Å²) >= 11 is 0. The van der Waals surface area contributed by atoms with E-state index >= 15 is 0 Å². The van der Waals surface area contributed by atoms with E-state index in [9.17, 15) is 14.7 Å². The average molecular weight is 427 g/mol. The molecule has 0 spiro atoms. The molecule has 0 saturated heterocycles. The second-order valence-electron chi connectivity index (χ2n) is 7.37. The van der Waals surface area contributed by atoms with Crippen molar-refractivity contribution in [2.75, 3.05) is 44.6 Å². The molecule has 1 heterocycles. The zero-order valence-electron chi connectivity index (χ0n) is 17.6. The van der Waals surface area contributed by atoms with E-state index in [1.807, 2.05) is 18.2 Å². The van der Waals surface area contributed by atoms with Crippen molar-refractivity contribution in [3.63, 3.8) is 0 Å². The van der Waals surface area contributed by atoms with E-state index in [1.54, 1.807) is 12.1 Å². The van der Waals surface area contributed by atoms with Gasteiger partial charge < -0.3 is 31.1 Å². The minimum Gasteiger partial charge on any atom is -0.506 e. The molecule has 0 atom stereocenters. The summed E-state index contributed by atoms with van der Waals surface area (Å²) in [5.74, 6) is 0.275. The third kappa shape index (κ3) is 7.27. The molecule has 2 aromatic carbocycles. The Morgan fingerprint density at radius 1 is 0.968 bits per heavy atom. The lowest BCUT2D eigenvalue weighted by Crippen LogP contribution is -2.34. The summed E-state index contributed by atoms with van der Waals surface area (Å²) < 4.78 is 5.47. The van der Waals surface area contributed by atoms with Gasteiger partial charge in [0.1, 0.15) is 11.4 Å². The molecule has 2 aromatic rings. The van der Waals surface area contributed by atoms with Crippen LogP contribution in [0.2, 0.25) is 0 Å². The van der Waals surface area contributed by atoms with Crippen LogP contribution in [0.1, 0.15) is 17.5 Å². The van der Waals surface area contributed by atoms with Crippen LogP contribution < -0.4 is 26.0 Å². The monoisotopic (exact) mass is 426 g/mol. The quantitative estimate of drug-likeness (QED) is 0.258. The van der Waals surface area contributed by atoms with Crippen molar-refractivity contribution in [1.82, 2.24) is 16.0 Å². The molecule has 166 valence electrons. The van der Waals surface area contributed by atoms with Crippen molar-refractivity contribution < 1.29 is 19.4 Å². The Labute approximate surface area is 182 Å². The Morgan fingerprint density at radius 3 is 2.58 bits per heavy atom. The second kappa shape index (κ2) is 11.9. The van der Waals surface area contributed by atoms with E-state index in [2.05, 4.69) is 33.4 Å². The van der Waals surface area contributed by atoms with Gasteiger partial charge in [-0.25, -0.2) is 0 Å². The van der Waals surface area contributed by atoms with Crippen LogP contribution in [0, 0.1) is 0 Å². The topological polar surface area (TPSA) is 112 Å². The number of rotatable bonds is 12. The predicted octanol–water partition coefficient (Wildman–Crippen LogP) is 1.19. The molecular weight excluding hydrogens is 396 g/mol. The van der Waals surface area contributed by atoms with Crippen molar-refractivity contribution in [2.45, 2.75) is 19.3 Å². The molecule has 8 nitrogen and oxygen atoms in total. The Kier molecular flexibility index (Phi) is 8.69. The SMILES string of the molecule is O=C(CCNCCc1ccccc1)NCCNCCc1ccc(O)c2c1OCC(=O)N2. The number of benzene rings is 2.